The zero-order valence-corrected chi connectivity index (χ0v) is 13.9. The van der Waals surface area contributed by atoms with E-state index in [2.05, 4.69) is 67.9 Å². The minimum Gasteiger partial charge on any atom is -0.331 e. The fourth-order valence-electron chi connectivity index (χ4n) is 2.33. The number of nitrogens with zero attached hydrogens (tertiary/aromatic N) is 1. The van der Waals surface area contributed by atoms with Crippen LogP contribution in [0.2, 0.25) is 0 Å². The Kier molecular flexibility index (Phi) is 4.25. The van der Waals surface area contributed by atoms with Gasteiger partial charge >= 0.3 is 0 Å². The number of rotatable bonds is 4. The Morgan fingerprint density at radius 1 is 1.00 bits per heavy atom. The molecule has 0 saturated carbocycles. The van der Waals surface area contributed by atoms with Gasteiger partial charge in [0.15, 0.2) is 5.13 Å². The molecule has 2 nitrogen and oxygen atoms in total. The molecule has 1 aromatic heterocycles. The Morgan fingerprint density at radius 3 is 2.41 bits per heavy atom. The average molecular weight is 308 g/mol. The third kappa shape index (κ3) is 3.20. The van der Waals surface area contributed by atoms with E-state index < -0.39 is 0 Å². The van der Waals surface area contributed by atoms with Crippen molar-refractivity contribution >= 4 is 22.2 Å². The van der Waals surface area contributed by atoms with Crippen molar-refractivity contribution in [2.45, 2.75) is 26.7 Å². The molecule has 112 valence electrons. The van der Waals surface area contributed by atoms with Crippen molar-refractivity contribution in [1.29, 1.82) is 0 Å². The van der Waals surface area contributed by atoms with Gasteiger partial charge in [0.05, 0.1) is 5.69 Å². The van der Waals surface area contributed by atoms with Crippen molar-refractivity contribution in [3.05, 3.63) is 65.0 Å². The van der Waals surface area contributed by atoms with Gasteiger partial charge < -0.3 is 5.32 Å². The SMILES string of the molecule is Cc1ccccc1Nc1nc(-c2ccc(C(C)C)cc2)cs1. The molecule has 3 heteroatoms. The molecule has 0 fully saturated rings. The predicted octanol–water partition coefficient (Wildman–Crippen LogP) is 5.99. The fraction of sp³-hybridized carbons (Fsp3) is 0.211. The van der Waals surface area contributed by atoms with Crippen LogP contribution >= 0.6 is 11.3 Å². The minimum atomic E-state index is 0.558. The van der Waals surface area contributed by atoms with E-state index in [0.29, 0.717) is 5.92 Å². The number of hydrogen-bond donors (Lipinski definition) is 1. The van der Waals surface area contributed by atoms with Crippen molar-refractivity contribution in [2.24, 2.45) is 0 Å². The zero-order chi connectivity index (χ0) is 15.5. The highest BCUT2D eigenvalue weighted by molar-refractivity contribution is 7.14. The first-order valence-corrected chi connectivity index (χ1v) is 8.40. The smallest absolute Gasteiger partial charge is 0.187 e. The molecule has 0 amide bonds. The molecule has 1 heterocycles. The summed E-state index contributed by atoms with van der Waals surface area (Å²) in [6, 6.07) is 16.9. The van der Waals surface area contributed by atoms with E-state index in [4.69, 9.17) is 4.98 Å². The van der Waals surface area contributed by atoms with Gasteiger partial charge in [-0.15, -0.1) is 11.3 Å². The minimum absolute atomic E-state index is 0.558. The van der Waals surface area contributed by atoms with Crippen molar-refractivity contribution in [3.8, 4) is 11.3 Å². The quantitative estimate of drug-likeness (QED) is 0.640. The molecule has 0 saturated heterocycles. The number of aryl methyl sites for hydroxylation is 1. The van der Waals surface area contributed by atoms with Gasteiger partial charge in [0.2, 0.25) is 0 Å². The van der Waals surface area contributed by atoms with Crippen LogP contribution in [0.15, 0.2) is 53.9 Å². The van der Waals surface area contributed by atoms with Crippen LogP contribution in [-0.2, 0) is 0 Å². The molecule has 0 radical (unpaired) electrons. The Balaban J connectivity index is 1.80. The summed E-state index contributed by atoms with van der Waals surface area (Å²) in [5.74, 6) is 0.558. The van der Waals surface area contributed by atoms with E-state index in [-0.39, 0.29) is 0 Å². The third-order valence-electron chi connectivity index (χ3n) is 3.76. The summed E-state index contributed by atoms with van der Waals surface area (Å²) >= 11 is 1.64. The molecule has 0 bridgehead atoms. The first-order valence-electron chi connectivity index (χ1n) is 7.52. The molecular weight excluding hydrogens is 288 g/mol. The molecule has 0 aliphatic rings. The van der Waals surface area contributed by atoms with Gasteiger partial charge in [-0.25, -0.2) is 4.98 Å². The van der Waals surface area contributed by atoms with E-state index in [9.17, 15) is 0 Å². The first-order chi connectivity index (χ1) is 10.6. The van der Waals surface area contributed by atoms with Crippen molar-refractivity contribution in [3.63, 3.8) is 0 Å². The van der Waals surface area contributed by atoms with Crippen molar-refractivity contribution in [2.75, 3.05) is 5.32 Å². The van der Waals surface area contributed by atoms with Crippen LogP contribution in [0, 0.1) is 6.92 Å². The highest BCUT2D eigenvalue weighted by atomic mass is 32.1. The molecule has 2 aromatic carbocycles. The number of thiazole rings is 1. The highest BCUT2D eigenvalue weighted by Gasteiger charge is 2.07. The molecule has 0 aliphatic heterocycles. The van der Waals surface area contributed by atoms with Crippen LogP contribution in [0.3, 0.4) is 0 Å². The topological polar surface area (TPSA) is 24.9 Å². The van der Waals surface area contributed by atoms with E-state index in [1.54, 1.807) is 11.3 Å². The Bertz CT molecular complexity index is 757. The number of aromatic nitrogens is 1. The normalized spacial score (nSPS) is 10.9. The van der Waals surface area contributed by atoms with Gasteiger partial charge in [0, 0.05) is 16.6 Å². The summed E-state index contributed by atoms with van der Waals surface area (Å²) in [7, 11) is 0. The summed E-state index contributed by atoms with van der Waals surface area (Å²) in [6.07, 6.45) is 0. The van der Waals surface area contributed by atoms with E-state index in [1.165, 1.54) is 16.7 Å². The number of anilines is 2. The molecule has 3 rings (SSSR count). The van der Waals surface area contributed by atoms with Crippen LogP contribution < -0.4 is 5.32 Å². The van der Waals surface area contributed by atoms with E-state index in [0.717, 1.165) is 16.5 Å². The summed E-state index contributed by atoms with van der Waals surface area (Å²) in [5.41, 5.74) is 5.88. The second-order valence-electron chi connectivity index (χ2n) is 5.75. The lowest BCUT2D eigenvalue weighted by Gasteiger charge is -2.06. The first kappa shape index (κ1) is 14.8. The number of nitrogens with one attached hydrogen (secondary N) is 1. The lowest BCUT2D eigenvalue weighted by atomic mass is 10.0. The fourth-order valence-corrected chi connectivity index (χ4v) is 3.06. The monoisotopic (exact) mass is 308 g/mol. The Morgan fingerprint density at radius 2 is 1.73 bits per heavy atom. The third-order valence-corrected chi connectivity index (χ3v) is 4.52. The Labute approximate surface area is 135 Å². The standard InChI is InChI=1S/C19H20N2S/c1-13(2)15-8-10-16(11-9-15)18-12-22-19(21-18)20-17-7-5-4-6-14(17)3/h4-13H,1-3H3,(H,20,21). The molecule has 1 N–H and O–H groups in total. The van der Waals surface area contributed by atoms with Gasteiger partial charge in [-0.1, -0.05) is 56.3 Å². The molecule has 22 heavy (non-hydrogen) atoms. The lowest BCUT2D eigenvalue weighted by molar-refractivity contribution is 0.867. The summed E-state index contributed by atoms with van der Waals surface area (Å²) in [6.45, 7) is 6.52. The maximum atomic E-state index is 4.70. The number of hydrogen-bond acceptors (Lipinski definition) is 3. The molecule has 0 aliphatic carbocycles. The Hall–Kier alpha value is -2.13. The van der Waals surface area contributed by atoms with Crippen LogP contribution in [0.5, 0.6) is 0 Å². The average Bonchev–Trinajstić information content (AvgIpc) is 2.98. The number of para-hydroxylation sites is 1. The second-order valence-corrected chi connectivity index (χ2v) is 6.61. The maximum Gasteiger partial charge on any atom is 0.187 e. The summed E-state index contributed by atoms with van der Waals surface area (Å²) in [5, 5.41) is 6.43. The molecular formula is C19H20N2S. The summed E-state index contributed by atoms with van der Waals surface area (Å²) in [4.78, 5) is 4.70. The molecule has 0 spiro atoms. The van der Waals surface area contributed by atoms with Crippen LogP contribution in [-0.4, -0.2) is 4.98 Å². The molecule has 0 atom stereocenters. The molecule has 3 aromatic rings. The number of benzene rings is 2. The second kappa shape index (κ2) is 6.32. The highest BCUT2D eigenvalue weighted by Crippen LogP contribution is 2.29. The maximum absolute atomic E-state index is 4.70. The van der Waals surface area contributed by atoms with Gasteiger partial charge in [-0.2, -0.15) is 0 Å². The van der Waals surface area contributed by atoms with Gasteiger partial charge in [-0.05, 0) is 30.0 Å². The van der Waals surface area contributed by atoms with E-state index >= 15 is 0 Å². The van der Waals surface area contributed by atoms with Crippen LogP contribution in [0.1, 0.15) is 30.9 Å². The largest absolute Gasteiger partial charge is 0.331 e. The van der Waals surface area contributed by atoms with Crippen LogP contribution in [0.25, 0.3) is 11.3 Å². The van der Waals surface area contributed by atoms with Gasteiger partial charge in [0.25, 0.3) is 0 Å². The van der Waals surface area contributed by atoms with Gasteiger partial charge in [0.1, 0.15) is 0 Å². The molecule has 0 unspecified atom stereocenters. The van der Waals surface area contributed by atoms with Crippen LogP contribution in [0.4, 0.5) is 10.8 Å². The van der Waals surface area contributed by atoms with Crippen molar-refractivity contribution in [1.82, 2.24) is 4.98 Å². The predicted molar refractivity (Wildman–Crippen MR) is 96.1 cm³/mol. The summed E-state index contributed by atoms with van der Waals surface area (Å²) < 4.78 is 0. The van der Waals surface area contributed by atoms with E-state index in [1.807, 2.05) is 12.1 Å². The van der Waals surface area contributed by atoms with Gasteiger partial charge in [-0.3, -0.25) is 0 Å². The lowest BCUT2D eigenvalue weighted by Crippen LogP contribution is -1.92. The van der Waals surface area contributed by atoms with Crippen molar-refractivity contribution < 1.29 is 0 Å². The zero-order valence-electron chi connectivity index (χ0n) is 13.1.